The second-order valence-electron chi connectivity index (χ2n) is 5.72. The van der Waals surface area contributed by atoms with Gasteiger partial charge >= 0.3 is 0 Å². The van der Waals surface area contributed by atoms with Crippen LogP contribution >= 0.6 is 0 Å². The molecule has 1 heterocycles. The van der Waals surface area contributed by atoms with Crippen LogP contribution in [0.2, 0.25) is 0 Å². The second kappa shape index (κ2) is 4.34. The molecule has 4 heteroatoms. The Kier molecular flexibility index (Phi) is 3.22. The smallest absolute Gasteiger partial charge is 0.237 e. The molecule has 1 aliphatic heterocycles. The van der Waals surface area contributed by atoms with Gasteiger partial charge in [0.15, 0.2) is 0 Å². The molecule has 2 atom stereocenters. The van der Waals surface area contributed by atoms with E-state index >= 15 is 0 Å². The van der Waals surface area contributed by atoms with Crippen LogP contribution in [-0.2, 0) is 4.79 Å². The van der Waals surface area contributed by atoms with Crippen LogP contribution in [-0.4, -0.2) is 49.1 Å². The molecular weight excluding hydrogens is 202 g/mol. The standard InChI is InChI=1S/C12H23N3O/c1-9(15-6-4-13-5-7-15)11(16)14-10-8-12(10,2)3/h9-10,13H,4-8H2,1-3H3,(H,14,16). The van der Waals surface area contributed by atoms with E-state index in [0.29, 0.717) is 11.5 Å². The third-order valence-corrected chi connectivity index (χ3v) is 3.91. The number of rotatable bonds is 3. The summed E-state index contributed by atoms with van der Waals surface area (Å²) in [5, 5.41) is 6.44. The van der Waals surface area contributed by atoms with Crippen molar-refractivity contribution in [1.29, 1.82) is 0 Å². The van der Waals surface area contributed by atoms with Crippen LogP contribution in [0.4, 0.5) is 0 Å². The molecule has 2 unspecified atom stereocenters. The molecule has 2 N–H and O–H groups in total. The van der Waals surface area contributed by atoms with Gasteiger partial charge in [0.25, 0.3) is 0 Å². The zero-order valence-corrected chi connectivity index (χ0v) is 10.5. The van der Waals surface area contributed by atoms with E-state index in [1.807, 2.05) is 6.92 Å². The quantitative estimate of drug-likeness (QED) is 0.721. The summed E-state index contributed by atoms with van der Waals surface area (Å²) >= 11 is 0. The summed E-state index contributed by atoms with van der Waals surface area (Å²) < 4.78 is 0. The Morgan fingerprint density at radius 1 is 1.44 bits per heavy atom. The van der Waals surface area contributed by atoms with E-state index in [4.69, 9.17) is 0 Å². The molecule has 0 bridgehead atoms. The maximum absolute atomic E-state index is 12.0. The number of carbonyl (C=O) groups excluding carboxylic acids is 1. The van der Waals surface area contributed by atoms with E-state index in [1.165, 1.54) is 0 Å². The summed E-state index contributed by atoms with van der Waals surface area (Å²) in [6.07, 6.45) is 1.12. The number of hydrogen-bond donors (Lipinski definition) is 2. The van der Waals surface area contributed by atoms with E-state index in [2.05, 4.69) is 29.4 Å². The van der Waals surface area contributed by atoms with Gasteiger partial charge in [-0.3, -0.25) is 9.69 Å². The minimum Gasteiger partial charge on any atom is -0.351 e. The molecule has 92 valence electrons. The summed E-state index contributed by atoms with van der Waals surface area (Å²) in [7, 11) is 0. The SMILES string of the molecule is CC(C(=O)NC1CC1(C)C)N1CCNCC1. The number of carbonyl (C=O) groups is 1. The molecule has 1 saturated carbocycles. The first-order valence-corrected chi connectivity index (χ1v) is 6.26. The first-order chi connectivity index (χ1) is 7.50. The van der Waals surface area contributed by atoms with Crippen molar-refractivity contribution in [3.05, 3.63) is 0 Å². The lowest BCUT2D eigenvalue weighted by Gasteiger charge is -2.32. The van der Waals surface area contributed by atoms with Crippen LogP contribution < -0.4 is 10.6 Å². The average molecular weight is 225 g/mol. The van der Waals surface area contributed by atoms with Crippen LogP contribution in [0.3, 0.4) is 0 Å². The summed E-state index contributed by atoms with van der Waals surface area (Å²) in [4.78, 5) is 14.3. The van der Waals surface area contributed by atoms with Crippen molar-refractivity contribution in [1.82, 2.24) is 15.5 Å². The highest BCUT2D eigenvalue weighted by Gasteiger charge is 2.47. The molecular formula is C12H23N3O. The van der Waals surface area contributed by atoms with Crippen molar-refractivity contribution in [2.24, 2.45) is 5.41 Å². The fourth-order valence-corrected chi connectivity index (χ4v) is 2.24. The largest absolute Gasteiger partial charge is 0.351 e. The molecule has 2 fully saturated rings. The lowest BCUT2D eigenvalue weighted by molar-refractivity contribution is -0.126. The number of nitrogens with one attached hydrogen (secondary N) is 2. The number of nitrogens with zero attached hydrogens (tertiary/aromatic N) is 1. The Morgan fingerprint density at radius 3 is 2.50 bits per heavy atom. The predicted octanol–water partition coefficient (Wildman–Crippen LogP) is 0.195. The zero-order chi connectivity index (χ0) is 11.8. The molecule has 0 aromatic carbocycles. The van der Waals surface area contributed by atoms with Gasteiger partial charge in [0.1, 0.15) is 0 Å². The normalized spacial score (nSPS) is 30.8. The number of piperazine rings is 1. The fraction of sp³-hybridized carbons (Fsp3) is 0.917. The summed E-state index contributed by atoms with van der Waals surface area (Å²) in [6, 6.07) is 0.406. The molecule has 0 radical (unpaired) electrons. The fourth-order valence-electron chi connectivity index (χ4n) is 2.24. The third-order valence-electron chi connectivity index (χ3n) is 3.91. The van der Waals surface area contributed by atoms with Crippen LogP contribution in [0, 0.1) is 5.41 Å². The van der Waals surface area contributed by atoms with Gasteiger partial charge in [0.05, 0.1) is 6.04 Å². The molecule has 2 aliphatic rings. The summed E-state index contributed by atoms with van der Waals surface area (Å²) in [6.45, 7) is 10.3. The molecule has 16 heavy (non-hydrogen) atoms. The Labute approximate surface area is 97.8 Å². The van der Waals surface area contributed by atoms with E-state index in [0.717, 1.165) is 32.6 Å². The van der Waals surface area contributed by atoms with Gasteiger partial charge in [-0.15, -0.1) is 0 Å². The highest BCUT2D eigenvalue weighted by molar-refractivity contribution is 5.82. The molecule has 0 spiro atoms. The highest BCUT2D eigenvalue weighted by Crippen LogP contribution is 2.44. The first kappa shape index (κ1) is 11.9. The van der Waals surface area contributed by atoms with Crippen LogP contribution in [0.1, 0.15) is 27.2 Å². The van der Waals surface area contributed by atoms with Crippen molar-refractivity contribution in [2.75, 3.05) is 26.2 Å². The molecule has 0 aromatic heterocycles. The van der Waals surface area contributed by atoms with Crippen molar-refractivity contribution < 1.29 is 4.79 Å². The van der Waals surface area contributed by atoms with Gasteiger partial charge in [0, 0.05) is 32.2 Å². The zero-order valence-electron chi connectivity index (χ0n) is 10.5. The van der Waals surface area contributed by atoms with Gasteiger partial charge in [-0.25, -0.2) is 0 Å². The third kappa shape index (κ3) is 2.55. The second-order valence-corrected chi connectivity index (χ2v) is 5.72. The lowest BCUT2D eigenvalue weighted by Crippen LogP contribution is -2.53. The Hall–Kier alpha value is -0.610. The van der Waals surface area contributed by atoms with Gasteiger partial charge in [-0.1, -0.05) is 13.8 Å². The lowest BCUT2D eigenvalue weighted by atomic mass is 10.2. The summed E-state index contributed by atoms with van der Waals surface area (Å²) in [5.41, 5.74) is 0.318. The van der Waals surface area contributed by atoms with E-state index in [1.54, 1.807) is 0 Å². The molecule has 0 aromatic rings. The number of amides is 1. The number of hydrogen-bond acceptors (Lipinski definition) is 3. The van der Waals surface area contributed by atoms with Crippen molar-refractivity contribution in [3.8, 4) is 0 Å². The van der Waals surface area contributed by atoms with Gasteiger partial charge < -0.3 is 10.6 Å². The Morgan fingerprint density at radius 2 is 2.00 bits per heavy atom. The molecule has 2 rings (SSSR count). The minimum absolute atomic E-state index is 0.0125. The topological polar surface area (TPSA) is 44.4 Å². The van der Waals surface area contributed by atoms with Crippen LogP contribution in [0.25, 0.3) is 0 Å². The maximum atomic E-state index is 12.0. The van der Waals surface area contributed by atoms with Gasteiger partial charge in [0.2, 0.25) is 5.91 Å². The van der Waals surface area contributed by atoms with E-state index in [9.17, 15) is 4.79 Å². The molecule has 4 nitrogen and oxygen atoms in total. The van der Waals surface area contributed by atoms with Crippen LogP contribution in [0.5, 0.6) is 0 Å². The molecule has 1 saturated heterocycles. The molecule has 1 aliphatic carbocycles. The average Bonchev–Trinajstić information content (AvgIpc) is 2.86. The highest BCUT2D eigenvalue weighted by atomic mass is 16.2. The first-order valence-electron chi connectivity index (χ1n) is 6.26. The van der Waals surface area contributed by atoms with Crippen molar-refractivity contribution >= 4 is 5.91 Å². The van der Waals surface area contributed by atoms with E-state index < -0.39 is 0 Å². The maximum Gasteiger partial charge on any atom is 0.237 e. The summed E-state index contributed by atoms with van der Waals surface area (Å²) in [5.74, 6) is 0.192. The van der Waals surface area contributed by atoms with Crippen molar-refractivity contribution in [2.45, 2.75) is 39.3 Å². The van der Waals surface area contributed by atoms with Crippen molar-refractivity contribution in [3.63, 3.8) is 0 Å². The van der Waals surface area contributed by atoms with E-state index in [-0.39, 0.29) is 11.9 Å². The Bertz CT molecular complexity index is 271. The minimum atomic E-state index is 0.0125. The predicted molar refractivity (Wildman–Crippen MR) is 64.2 cm³/mol. The molecule has 1 amide bonds. The Balaban J connectivity index is 1.80. The van der Waals surface area contributed by atoms with Crippen LogP contribution in [0.15, 0.2) is 0 Å². The van der Waals surface area contributed by atoms with Gasteiger partial charge in [-0.05, 0) is 18.8 Å². The monoisotopic (exact) mass is 225 g/mol. The van der Waals surface area contributed by atoms with Gasteiger partial charge in [-0.2, -0.15) is 0 Å².